The largest absolute Gasteiger partial charge is 0.497 e. The first kappa shape index (κ1) is 21.8. The molecule has 7 heteroatoms. The minimum atomic E-state index is -0.434. The molecule has 1 aliphatic heterocycles. The molecule has 1 amide bonds. The Balaban J connectivity index is 1.50. The molecule has 1 aliphatic rings. The summed E-state index contributed by atoms with van der Waals surface area (Å²) in [7, 11) is 3.29. The Labute approximate surface area is 190 Å². The summed E-state index contributed by atoms with van der Waals surface area (Å²) in [5, 5.41) is 0. The summed E-state index contributed by atoms with van der Waals surface area (Å²) < 4.78 is 30.8. The number of hydrogen-bond donors (Lipinski definition) is 0. The van der Waals surface area contributed by atoms with Gasteiger partial charge in [0.1, 0.15) is 28.8 Å². The number of ether oxygens (including phenoxy) is 3. The molecule has 164 valence electrons. The number of nitrogens with zero attached hydrogens (tertiary/aromatic N) is 1. The van der Waals surface area contributed by atoms with Gasteiger partial charge >= 0.3 is 6.09 Å². The lowest BCUT2D eigenvalue weighted by Crippen LogP contribution is -2.31. The van der Waals surface area contributed by atoms with Gasteiger partial charge in [0.25, 0.3) is 0 Å². The Morgan fingerprint density at radius 3 is 2.59 bits per heavy atom. The van der Waals surface area contributed by atoms with Crippen molar-refractivity contribution in [3.8, 4) is 23.0 Å². The number of para-hydroxylation sites is 1. The third kappa shape index (κ3) is 5.06. The van der Waals surface area contributed by atoms with Crippen LogP contribution in [0, 0.1) is 5.82 Å². The van der Waals surface area contributed by atoms with E-state index in [0.717, 1.165) is 10.5 Å². The van der Waals surface area contributed by atoms with Gasteiger partial charge in [-0.2, -0.15) is 0 Å². The molecule has 0 radical (unpaired) electrons. The van der Waals surface area contributed by atoms with Crippen LogP contribution >= 0.6 is 11.8 Å². The standard InChI is InChI=1S/C25H22FNO4S/c1-27(25(28)30-19-6-4-3-5-7-19)12-13-32-24-15-17-14-20(29-2)9-11-22(17)31-23-10-8-18(26)16-21(23)24/h3-11,14-16H,12-13H2,1-2H3. The fourth-order valence-electron chi connectivity index (χ4n) is 3.15. The van der Waals surface area contributed by atoms with Crippen LogP contribution in [0.25, 0.3) is 11.0 Å². The molecule has 0 N–H and O–H groups in total. The molecule has 3 aromatic carbocycles. The van der Waals surface area contributed by atoms with Crippen molar-refractivity contribution in [1.82, 2.24) is 4.90 Å². The molecule has 0 unspecified atom stereocenters. The van der Waals surface area contributed by atoms with Gasteiger partial charge in [-0.05, 0) is 54.6 Å². The molecule has 5 nitrogen and oxygen atoms in total. The van der Waals surface area contributed by atoms with E-state index < -0.39 is 6.09 Å². The normalized spacial score (nSPS) is 11.9. The zero-order valence-electron chi connectivity index (χ0n) is 17.7. The van der Waals surface area contributed by atoms with Gasteiger partial charge in [-0.15, -0.1) is 11.8 Å². The van der Waals surface area contributed by atoms with Crippen LogP contribution in [-0.4, -0.2) is 37.4 Å². The maximum absolute atomic E-state index is 14.0. The van der Waals surface area contributed by atoms with Crippen molar-refractivity contribution < 1.29 is 23.4 Å². The van der Waals surface area contributed by atoms with E-state index in [0.29, 0.717) is 40.9 Å². The van der Waals surface area contributed by atoms with Crippen molar-refractivity contribution in [3.05, 3.63) is 83.7 Å². The molecule has 0 bridgehead atoms. The maximum Gasteiger partial charge on any atom is 0.414 e. The second kappa shape index (κ2) is 9.78. The van der Waals surface area contributed by atoms with Crippen molar-refractivity contribution in [2.75, 3.05) is 26.5 Å². The summed E-state index contributed by atoms with van der Waals surface area (Å²) >= 11 is 1.52. The molecule has 0 saturated carbocycles. The van der Waals surface area contributed by atoms with Gasteiger partial charge in [-0.25, -0.2) is 9.18 Å². The average Bonchev–Trinajstić information content (AvgIpc) is 2.95. The number of thioether (sulfide) groups is 1. The molecule has 32 heavy (non-hydrogen) atoms. The molecule has 3 aromatic rings. The van der Waals surface area contributed by atoms with E-state index >= 15 is 0 Å². The molecule has 0 fully saturated rings. The molecular weight excluding hydrogens is 429 g/mol. The van der Waals surface area contributed by atoms with Crippen LogP contribution in [0.4, 0.5) is 9.18 Å². The first-order valence-electron chi connectivity index (χ1n) is 10.0. The highest BCUT2D eigenvalue weighted by Crippen LogP contribution is 2.43. The third-order valence-corrected chi connectivity index (χ3v) is 5.91. The zero-order chi connectivity index (χ0) is 22.5. The fraction of sp³-hybridized carbons (Fsp3) is 0.160. The first-order valence-corrected chi connectivity index (χ1v) is 11.0. The van der Waals surface area contributed by atoms with E-state index in [-0.39, 0.29) is 5.82 Å². The van der Waals surface area contributed by atoms with E-state index in [4.69, 9.17) is 14.2 Å². The smallest absolute Gasteiger partial charge is 0.414 e. The first-order chi connectivity index (χ1) is 15.5. The van der Waals surface area contributed by atoms with Crippen LogP contribution < -0.4 is 14.2 Å². The van der Waals surface area contributed by atoms with Crippen molar-refractivity contribution in [2.45, 2.75) is 0 Å². The molecule has 0 saturated heterocycles. The Morgan fingerprint density at radius 1 is 1.03 bits per heavy atom. The van der Waals surface area contributed by atoms with E-state index in [1.165, 1.54) is 28.8 Å². The number of benzene rings is 3. The fourth-order valence-corrected chi connectivity index (χ4v) is 4.26. The molecular formula is C25H22FNO4S. The van der Waals surface area contributed by atoms with E-state index in [9.17, 15) is 9.18 Å². The number of methoxy groups -OCH3 is 1. The average molecular weight is 452 g/mol. The number of fused-ring (bicyclic) bond motifs is 2. The van der Waals surface area contributed by atoms with Crippen LogP contribution in [0.15, 0.2) is 66.7 Å². The highest BCUT2D eigenvalue weighted by molar-refractivity contribution is 8.08. The van der Waals surface area contributed by atoms with E-state index in [1.807, 2.05) is 42.5 Å². The maximum atomic E-state index is 14.0. The van der Waals surface area contributed by atoms with Crippen LogP contribution in [0.5, 0.6) is 23.0 Å². The van der Waals surface area contributed by atoms with E-state index in [2.05, 4.69) is 0 Å². The Morgan fingerprint density at radius 2 is 1.81 bits per heavy atom. The quantitative estimate of drug-likeness (QED) is 0.440. The molecule has 0 spiro atoms. The monoisotopic (exact) mass is 451 g/mol. The summed E-state index contributed by atoms with van der Waals surface area (Å²) in [5.74, 6) is 2.68. The molecule has 0 atom stereocenters. The van der Waals surface area contributed by atoms with Crippen molar-refractivity contribution in [3.63, 3.8) is 0 Å². The molecule has 4 rings (SSSR count). The van der Waals surface area contributed by atoms with Gasteiger partial charge in [0, 0.05) is 35.4 Å². The van der Waals surface area contributed by atoms with Crippen LogP contribution in [-0.2, 0) is 0 Å². The number of amides is 1. The van der Waals surface area contributed by atoms with Gasteiger partial charge in [-0.3, -0.25) is 0 Å². The second-order valence-corrected chi connectivity index (χ2v) is 8.24. The Bertz CT molecular complexity index is 1150. The number of carbonyl (C=O) groups is 1. The number of carbonyl (C=O) groups excluding carboxylic acids is 1. The molecule has 0 aromatic heterocycles. The SMILES string of the molecule is COc1ccc2c(c1)C=C(SCCN(C)C(=O)Oc1ccccc1)c1cc(F)ccc1O2. The summed E-state index contributed by atoms with van der Waals surface area (Å²) in [6, 6.07) is 18.9. The lowest BCUT2D eigenvalue weighted by Gasteiger charge is -2.17. The molecule has 1 heterocycles. The van der Waals surface area contributed by atoms with Crippen molar-refractivity contribution >= 4 is 28.8 Å². The van der Waals surface area contributed by atoms with Gasteiger partial charge in [-0.1, -0.05) is 18.2 Å². The van der Waals surface area contributed by atoms with Crippen LogP contribution in [0.1, 0.15) is 11.1 Å². The summed E-state index contributed by atoms with van der Waals surface area (Å²) in [6.07, 6.45) is 1.52. The second-order valence-electron chi connectivity index (χ2n) is 7.11. The predicted octanol–water partition coefficient (Wildman–Crippen LogP) is 6.30. The Kier molecular flexibility index (Phi) is 6.66. The predicted molar refractivity (Wildman–Crippen MR) is 125 cm³/mol. The Hall–Kier alpha value is -3.45. The zero-order valence-corrected chi connectivity index (χ0v) is 18.5. The van der Waals surface area contributed by atoms with Crippen LogP contribution in [0.2, 0.25) is 0 Å². The minimum absolute atomic E-state index is 0.342. The molecule has 0 aliphatic carbocycles. The van der Waals surface area contributed by atoms with E-state index in [1.54, 1.807) is 32.4 Å². The van der Waals surface area contributed by atoms with Gasteiger partial charge in [0.15, 0.2) is 0 Å². The topological polar surface area (TPSA) is 48.0 Å². The van der Waals surface area contributed by atoms with Crippen LogP contribution in [0.3, 0.4) is 0 Å². The number of rotatable bonds is 6. The lowest BCUT2D eigenvalue weighted by atomic mass is 10.1. The highest BCUT2D eigenvalue weighted by atomic mass is 32.2. The minimum Gasteiger partial charge on any atom is -0.497 e. The van der Waals surface area contributed by atoms with Gasteiger partial charge in [0.05, 0.1) is 7.11 Å². The van der Waals surface area contributed by atoms with Gasteiger partial charge in [0.2, 0.25) is 0 Å². The lowest BCUT2D eigenvalue weighted by molar-refractivity contribution is 0.165. The number of halogens is 1. The van der Waals surface area contributed by atoms with Crippen molar-refractivity contribution in [2.24, 2.45) is 0 Å². The van der Waals surface area contributed by atoms with Gasteiger partial charge < -0.3 is 19.1 Å². The third-order valence-electron chi connectivity index (χ3n) is 4.87. The summed E-state index contributed by atoms with van der Waals surface area (Å²) in [4.78, 5) is 14.7. The number of hydrogen-bond acceptors (Lipinski definition) is 5. The summed E-state index contributed by atoms with van der Waals surface area (Å²) in [5.41, 5.74) is 1.50. The van der Waals surface area contributed by atoms with Crippen molar-refractivity contribution in [1.29, 1.82) is 0 Å². The summed E-state index contributed by atoms with van der Waals surface area (Å²) in [6.45, 7) is 0.449. The highest BCUT2D eigenvalue weighted by Gasteiger charge is 2.19.